The van der Waals surface area contributed by atoms with E-state index in [4.69, 9.17) is 4.74 Å². The minimum absolute atomic E-state index is 0.193. The standard InChI is InChI=1S/C28H39FO/c1-4-10-21-14-16-23(17-15-21)26-19-18-25(20-27(26)29)30-28(22(6-3)11-5-2)24-12-8-7-9-13-24/h14-20,22,24,28H,4-13H2,1-3H3. The molecule has 1 nitrogen and oxygen atoms in total. The summed E-state index contributed by atoms with van der Waals surface area (Å²) in [6, 6.07) is 13.7. The molecule has 30 heavy (non-hydrogen) atoms. The summed E-state index contributed by atoms with van der Waals surface area (Å²) in [5.41, 5.74) is 2.89. The maximum absolute atomic E-state index is 15.0. The van der Waals surface area contributed by atoms with Crippen LogP contribution in [0.15, 0.2) is 42.5 Å². The van der Waals surface area contributed by atoms with Gasteiger partial charge in [-0.25, -0.2) is 4.39 Å². The van der Waals surface area contributed by atoms with Crippen molar-refractivity contribution in [1.29, 1.82) is 0 Å². The topological polar surface area (TPSA) is 9.23 Å². The zero-order chi connectivity index (χ0) is 21.3. The smallest absolute Gasteiger partial charge is 0.134 e. The number of ether oxygens (including phenoxy) is 1. The van der Waals surface area contributed by atoms with Gasteiger partial charge in [-0.2, -0.15) is 0 Å². The molecular formula is C28H39FO. The van der Waals surface area contributed by atoms with Crippen molar-refractivity contribution < 1.29 is 9.13 Å². The zero-order valence-electron chi connectivity index (χ0n) is 19.1. The molecule has 2 atom stereocenters. The lowest BCUT2D eigenvalue weighted by Crippen LogP contribution is -2.36. The van der Waals surface area contributed by atoms with Crippen LogP contribution in [0.3, 0.4) is 0 Å². The number of aryl methyl sites for hydroxylation is 1. The van der Waals surface area contributed by atoms with Crippen LogP contribution in [0.1, 0.15) is 84.1 Å². The summed E-state index contributed by atoms with van der Waals surface area (Å²) in [6.45, 7) is 6.70. The zero-order valence-corrected chi connectivity index (χ0v) is 19.1. The number of benzene rings is 2. The number of hydrogen-bond donors (Lipinski definition) is 0. The highest BCUT2D eigenvalue weighted by Crippen LogP contribution is 2.36. The molecule has 0 aromatic heterocycles. The Morgan fingerprint density at radius 2 is 1.67 bits per heavy atom. The van der Waals surface area contributed by atoms with Gasteiger partial charge >= 0.3 is 0 Å². The van der Waals surface area contributed by atoms with E-state index in [2.05, 4.69) is 32.9 Å². The average molecular weight is 411 g/mol. The van der Waals surface area contributed by atoms with Gasteiger partial charge in [-0.05, 0) is 67.2 Å². The van der Waals surface area contributed by atoms with Gasteiger partial charge in [0.05, 0.1) is 0 Å². The fourth-order valence-electron chi connectivity index (χ4n) is 5.11. The van der Waals surface area contributed by atoms with E-state index in [-0.39, 0.29) is 11.9 Å². The Hall–Kier alpha value is -1.83. The van der Waals surface area contributed by atoms with Gasteiger partial charge in [-0.15, -0.1) is 0 Å². The van der Waals surface area contributed by atoms with Gasteiger partial charge in [0.2, 0.25) is 0 Å². The first-order valence-electron chi connectivity index (χ1n) is 12.2. The third-order valence-electron chi connectivity index (χ3n) is 6.78. The molecule has 0 aliphatic heterocycles. The lowest BCUT2D eigenvalue weighted by molar-refractivity contribution is 0.0489. The van der Waals surface area contributed by atoms with E-state index in [1.165, 1.54) is 50.5 Å². The second-order valence-corrected chi connectivity index (χ2v) is 9.03. The minimum Gasteiger partial charge on any atom is -0.490 e. The number of rotatable bonds is 10. The molecule has 0 radical (unpaired) electrons. The Balaban J connectivity index is 1.78. The number of halogens is 1. The van der Waals surface area contributed by atoms with Crippen molar-refractivity contribution in [2.45, 2.75) is 91.1 Å². The van der Waals surface area contributed by atoms with Crippen molar-refractivity contribution in [1.82, 2.24) is 0 Å². The molecule has 0 N–H and O–H groups in total. The van der Waals surface area contributed by atoms with E-state index in [0.29, 0.717) is 23.1 Å². The van der Waals surface area contributed by atoms with Gasteiger partial charge in [-0.3, -0.25) is 0 Å². The SMILES string of the molecule is CCCc1ccc(-c2ccc(OC(C(CC)CCC)C3CCCCC3)cc2F)cc1. The van der Waals surface area contributed by atoms with Crippen molar-refractivity contribution in [2.75, 3.05) is 0 Å². The summed E-state index contributed by atoms with van der Waals surface area (Å²) in [4.78, 5) is 0. The predicted octanol–water partition coefficient (Wildman–Crippen LogP) is 8.60. The van der Waals surface area contributed by atoms with Crippen LogP contribution in [-0.2, 0) is 6.42 Å². The molecule has 2 aromatic rings. The molecule has 0 bridgehead atoms. The highest BCUT2D eigenvalue weighted by Gasteiger charge is 2.31. The molecule has 1 fully saturated rings. The van der Waals surface area contributed by atoms with Crippen LogP contribution < -0.4 is 4.74 Å². The van der Waals surface area contributed by atoms with Crippen LogP contribution in [0, 0.1) is 17.7 Å². The second kappa shape index (κ2) is 11.5. The van der Waals surface area contributed by atoms with Crippen molar-refractivity contribution >= 4 is 0 Å². The molecule has 0 saturated heterocycles. The van der Waals surface area contributed by atoms with E-state index in [0.717, 1.165) is 24.8 Å². The normalized spacial score (nSPS) is 16.9. The maximum atomic E-state index is 15.0. The molecule has 1 saturated carbocycles. The van der Waals surface area contributed by atoms with Crippen molar-refractivity contribution in [3.8, 4) is 16.9 Å². The minimum atomic E-state index is -0.193. The molecule has 3 rings (SSSR count). The Morgan fingerprint density at radius 3 is 2.27 bits per heavy atom. The Morgan fingerprint density at radius 1 is 0.933 bits per heavy atom. The molecule has 0 spiro atoms. The van der Waals surface area contributed by atoms with Crippen molar-refractivity contribution in [2.24, 2.45) is 11.8 Å². The third-order valence-corrected chi connectivity index (χ3v) is 6.78. The Bertz CT molecular complexity index is 756. The summed E-state index contributed by atoms with van der Waals surface area (Å²) in [5.74, 6) is 1.64. The van der Waals surface area contributed by atoms with E-state index in [1.54, 1.807) is 6.07 Å². The quantitative estimate of drug-likeness (QED) is 0.381. The Kier molecular flexibility index (Phi) is 8.78. The largest absolute Gasteiger partial charge is 0.490 e. The van der Waals surface area contributed by atoms with Crippen LogP contribution >= 0.6 is 0 Å². The summed E-state index contributed by atoms with van der Waals surface area (Å²) in [7, 11) is 0. The summed E-state index contributed by atoms with van der Waals surface area (Å²) >= 11 is 0. The van der Waals surface area contributed by atoms with Gasteiger partial charge in [0.15, 0.2) is 0 Å². The fourth-order valence-corrected chi connectivity index (χ4v) is 5.11. The van der Waals surface area contributed by atoms with Crippen molar-refractivity contribution in [3.05, 3.63) is 53.8 Å². The Labute approximate surface area is 183 Å². The maximum Gasteiger partial charge on any atom is 0.134 e. The highest BCUT2D eigenvalue weighted by atomic mass is 19.1. The van der Waals surface area contributed by atoms with Gasteiger partial charge in [-0.1, -0.05) is 77.1 Å². The molecule has 164 valence electrons. The highest BCUT2D eigenvalue weighted by molar-refractivity contribution is 5.65. The van der Waals surface area contributed by atoms with Gasteiger partial charge in [0.1, 0.15) is 17.7 Å². The molecule has 2 unspecified atom stereocenters. The van der Waals surface area contributed by atoms with Gasteiger partial charge in [0.25, 0.3) is 0 Å². The van der Waals surface area contributed by atoms with E-state index < -0.39 is 0 Å². The second-order valence-electron chi connectivity index (χ2n) is 9.03. The van der Waals surface area contributed by atoms with Crippen molar-refractivity contribution in [3.63, 3.8) is 0 Å². The molecule has 1 aliphatic carbocycles. The molecular weight excluding hydrogens is 371 g/mol. The van der Waals surface area contributed by atoms with E-state index >= 15 is 4.39 Å². The van der Waals surface area contributed by atoms with Crippen LogP contribution in [0.2, 0.25) is 0 Å². The van der Waals surface area contributed by atoms with Gasteiger partial charge in [0, 0.05) is 11.6 Å². The third kappa shape index (κ3) is 5.86. The van der Waals surface area contributed by atoms with Crippen LogP contribution in [-0.4, -0.2) is 6.10 Å². The van der Waals surface area contributed by atoms with Crippen LogP contribution in [0.4, 0.5) is 4.39 Å². The monoisotopic (exact) mass is 410 g/mol. The first kappa shape index (κ1) is 22.8. The lowest BCUT2D eigenvalue weighted by Gasteiger charge is -2.36. The molecule has 1 aliphatic rings. The predicted molar refractivity (Wildman–Crippen MR) is 126 cm³/mol. The molecule has 2 aromatic carbocycles. The number of hydrogen-bond acceptors (Lipinski definition) is 1. The first-order chi connectivity index (χ1) is 14.7. The average Bonchev–Trinajstić information content (AvgIpc) is 2.78. The molecule has 0 heterocycles. The lowest BCUT2D eigenvalue weighted by atomic mass is 9.78. The van der Waals surface area contributed by atoms with E-state index in [1.807, 2.05) is 24.3 Å². The first-order valence-corrected chi connectivity index (χ1v) is 12.2. The summed E-state index contributed by atoms with van der Waals surface area (Å²) < 4.78 is 21.6. The molecule has 2 heteroatoms. The van der Waals surface area contributed by atoms with Gasteiger partial charge < -0.3 is 4.74 Å². The summed E-state index contributed by atoms with van der Waals surface area (Å²) in [6.07, 6.45) is 12.3. The van der Waals surface area contributed by atoms with Crippen LogP contribution in [0.25, 0.3) is 11.1 Å². The van der Waals surface area contributed by atoms with Crippen LogP contribution in [0.5, 0.6) is 5.75 Å². The fraction of sp³-hybridized carbons (Fsp3) is 0.571. The van der Waals surface area contributed by atoms with E-state index in [9.17, 15) is 0 Å². The molecule has 0 amide bonds. The summed E-state index contributed by atoms with van der Waals surface area (Å²) in [5, 5.41) is 0.